The summed E-state index contributed by atoms with van der Waals surface area (Å²) in [6, 6.07) is 25.2. The third kappa shape index (κ3) is 4.73. The summed E-state index contributed by atoms with van der Waals surface area (Å²) in [4.78, 5) is 0. The number of rotatable bonds is 8. The van der Waals surface area contributed by atoms with Gasteiger partial charge in [-0.05, 0) is 40.6 Å². The Hall–Kier alpha value is -1.11. The molecule has 0 N–H and O–H groups in total. The third-order valence-electron chi connectivity index (χ3n) is 6.62. The van der Waals surface area contributed by atoms with Crippen molar-refractivity contribution in [1.29, 1.82) is 0 Å². The monoisotopic (exact) mass is 502 g/mol. The number of benzene rings is 2. The molecule has 174 valence electrons. The summed E-state index contributed by atoms with van der Waals surface area (Å²) in [5, 5.41) is 2.31. The molecule has 32 heavy (non-hydrogen) atoms. The molecule has 1 saturated heterocycles. The van der Waals surface area contributed by atoms with Gasteiger partial charge in [0.2, 0.25) is 0 Å². The molecule has 3 unspecified atom stereocenters. The normalized spacial score (nSPS) is 30.3. The summed E-state index contributed by atoms with van der Waals surface area (Å²) < 4.78 is 29.1. The second kappa shape index (κ2) is 10.4. The lowest BCUT2D eigenvalue weighted by molar-refractivity contribution is 0.232. The van der Waals surface area contributed by atoms with Gasteiger partial charge in [0.25, 0.3) is 0 Å². The molecule has 3 rings (SSSR count). The van der Waals surface area contributed by atoms with Crippen LogP contribution in [-0.4, -0.2) is 34.2 Å². The molecule has 0 aromatic heterocycles. The highest BCUT2D eigenvalue weighted by Crippen LogP contribution is 2.38. The van der Waals surface area contributed by atoms with Crippen molar-refractivity contribution in [2.75, 3.05) is 0 Å². The van der Waals surface area contributed by atoms with E-state index in [0.29, 0.717) is 0 Å². The van der Waals surface area contributed by atoms with E-state index in [1.807, 2.05) is 11.8 Å². The highest BCUT2D eigenvalue weighted by atomic mass is 28.5. The second-order valence-electron chi connectivity index (χ2n) is 8.34. The highest BCUT2D eigenvalue weighted by molar-refractivity contribution is 7.02. The lowest BCUT2D eigenvalue weighted by atomic mass is 10.4. The van der Waals surface area contributed by atoms with E-state index >= 15 is 0 Å². The Morgan fingerprint density at radius 3 is 1.44 bits per heavy atom. The summed E-state index contributed by atoms with van der Waals surface area (Å²) in [7, 11) is -11.1. The van der Waals surface area contributed by atoms with Crippen LogP contribution >= 0.6 is 0 Å². The van der Waals surface area contributed by atoms with Gasteiger partial charge < -0.3 is 16.5 Å². The van der Waals surface area contributed by atoms with Crippen LogP contribution < -0.4 is 10.4 Å². The maximum atomic E-state index is 7.43. The molecule has 0 radical (unpaired) electrons. The SMILES string of the molecule is C=C[Si]1(CC)O[Si](CC)(CC)O[Si](CC)(c2ccccc2)O[Si](CC)(c2ccccc2)O1. The van der Waals surface area contributed by atoms with Crippen LogP contribution in [0.1, 0.15) is 34.6 Å². The van der Waals surface area contributed by atoms with E-state index in [9.17, 15) is 0 Å². The Morgan fingerprint density at radius 1 is 0.594 bits per heavy atom. The molecule has 3 atom stereocenters. The third-order valence-corrected chi connectivity index (χ3v) is 25.7. The maximum absolute atomic E-state index is 7.43. The van der Waals surface area contributed by atoms with Crippen molar-refractivity contribution in [3.8, 4) is 0 Å². The van der Waals surface area contributed by atoms with Crippen LogP contribution in [0, 0.1) is 0 Å². The summed E-state index contributed by atoms with van der Waals surface area (Å²) in [5.41, 5.74) is 1.97. The fourth-order valence-corrected chi connectivity index (χ4v) is 27.3. The molecular formula is C24H38O4Si4. The Balaban J connectivity index is 2.29. The number of hydrogen-bond acceptors (Lipinski definition) is 4. The van der Waals surface area contributed by atoms with Crippen LogP contribution in [0.4, 0.5) is 0 Å². The van der Waals surface area contributed by atoms with E-state index in [0.717, 1.165) is 35.4 Å². The van der Waals surface area contributed by atoms with Crippen molar-refractivity contribution in [1.82, 2.24) is 0 Å². The molecule has 2 aromatic carbocycles. The second-order valence-corrected chi connectivity index (χ2v) is 23.2. The topological polar surface area (TPSA) is 36.9 Å². The first-order chi connectivity index (χ1) is 15.4. The van der Waals surface area contributed by atoms with E-state index < -0.39 is 34.2 Å². The van der Waals surface area contributed by atoms with Gasteiger partial charge >= 0.3 is 34.2 Å². The van der Waals surface area contributed by atoms with Crippen molar-refractivity contribution in [3.05, 3.63) is 72.9 Å². The van der Waals surface area contributed by atoms with E-state index in [4.69, 9.17) is 16.5 Å². The van der Waals surface area contributed by atoms with E-state index in [1.165, 1.54) is 5.19 Å². The Bertz CT molecular complexity index is 880. The van der Waals surface area contributed by atoms with Crippen LogP contribution in [0.15, 0.2) is 72.9 Å². The summed E-state index contributed by atoms with van der Waals surface area (Å²) >= 11 is 0. The van der Waals surface area contributed by atoms with Crippen LogP contribution in [0.3, 0.4) is 0 Å². The maximum Gasteiger partial charge on any atom is 0.355 e. The Morgan fingerprint density at radius 2 is 1.06 bits per heavy atom. The fraction of sp³-hybridized carbons (Fsp3) is 0.417. The van der Waals surface area contributed by atoms with Crippen molar-refractivity contribution >= 4 is 44.6 Å². The average Bonchev–Trinajstić information content (AvgIpc) is 2.86. The van der Waals surface area contributed by atoms with Crippen molar-refractivity contribution in [2.24, 2.45) is 0 Å². The van der Waals surface area contributed by atoms with E-state index in [2.05, 4.69) is 95.8 Å². The molecule has 1 fully saturated rings. The van der Waals surface area contributed by atoms with Gasteiger partial charge in [0.1, 0.15) is 0 Å². The smallest absolute Gasteiger partial charge is 0.355 e. The van der Waals surface area contributed by atoms with Gasteiger partial charge in [0.05, 0.1) is 0 Å². The lowest BCUT2D eigenvalue weighted by Gasteiger charge is -2.52. The van der Waals surface area contributed by atoms with Crippen molar-refractivity contribution in [2.45, 2.75) is 64.8 Å². The standard InChI is InChI=1S/C24H38O4Si4/c1-7-29(8-2)25-30(9-3,10-4)27-32(12-6,24-21-17-14-18-22-24)28-31(11-5,26-29)23-19-15-13-16-20-23/h7,13-22H,1,8-12H2,2-6H3. The van der Waals surface area contributed by atoms with Gasteiger partial charge in [0.15, 0.2) is 0 Å². The minimum atomic E-state index is -2.90. The first-order valence-corrected chi connectivity index (χ1v) is 20.3. The predicted octanol–water partition coefficient (Wildman–Crippen LogP) is 5.47. The Labute approximate surface area is 198 Å². The van der Waals surface area contributed by atoms with E-state index in [1.54, 1.807) is 0 Å². The van der Waals surface area contributed by atoms with Gasteiger partial charge in [-0.25, -0.2) is 0 Å². The summed E-state index contributed by atoms with van der Waals surface area (Å²) in [6.45, 7) is 15.1. The molecule has 1 heterocycles. The molecule has 0 amide bonds. The van der Waals surface area contributed by atoms with Gasteiger partial charge in [-0.3, -0.25) is 0 Å². The van der Waals surface area contributed by atoms with Crippen molar-refractivity contribution in [3.63, 3.8) is 0 Å². The van der Waals surface area contributed by atoms with Gasteiger partial charge in [0, 0.05) is 0 Å². The van der Waals surface area contributed by atoms with Gasteiger partial charge in [-0.2, -0.15) is 0 Å². The molecule has 0 aliphatic carbocycles. The molecule has 4 nitrogen and oxygen atoms in total. The fourth-order valence-electron chi connectivity index (χ4n) is 4.47. The molecular weight excluding hydrogens is 465 g/mol. The molecule has 0 saturated carbocycles. The van der Waals surface area contributed by atoms with Crippen LogP contribution in [0.2, 0.25) is 30.2 Å². The van der Waals surface area contributed by atoms with Gasteiger partial charge in [-0.15, -0.1) is 6.58 Å². The minimum absolute atomic E-state index is 0.792. The Kier molecular flexibility index (Phi) is 8.32. The van der Waals surface area contributed by atoms with E-state index in [-0.39, 0.29) is 0 Å². The van der Waals surface area contributed by atoms with Crippen LogP contribution in [0.25, 0.3) is 0 Å². The zero-order valence-corrected chi connectivity index (χ0v) is 24.2. The molecule has 1 aliphatic heterocycles. The quantitative estimate of drug-likeness (QED) is 0.448. The molecule has 8 heteroatoms. The zero-order chi connectivity index (χ0) is 23.3. The first-order valence-electron chi connectivity index (χ1n) is 12.0. The summed E-state index contributed by atoms with van der Waals surface area (Å²) in [6.07, 6.45) is 0. The zero-order valence-electron chi connectivity index (χ0n) is 20.2. The first kappa shape index (κ1) is 25.5. The van der Waals surface area contributed by atoms with Gasteiger partial charge in [-0.1, -0.05) is 101 Å². The summed E-state index contributed by atoms with van der Waals surface area (Å²) in [5.74, 6) is 0. The van der Waals surface area contributed by atoms with Crippen LogP contribution in [0.5, 0.6) is 0 Å². The molecule has 0 spiro atoms. The van der Waals surface area contributed by atoms with Crippen LogP contribution in [-0.2, 0) is 16.5 Å². The highest BCUT2D eigenvalue weighted by Gasteiger charge is 2.61. The number of hydrogen-bond donors (Lipinski definition) is 0. The largest absolute Gasteiger partial charge is 0.412 e. The molecule has 1 aliphatic rings. The average molecular weight is 503 g/mol. The lowest BCUT2D eigenvalue weighted by Crippen LogP contribution is -2.75. The molecule has 2 aromatic rings. The molecule has 0 bridgehead atoms. The predicted molar refractivity (Wildman–Crippen MR) is 142 cm³/mol. The van der Waals surface area contributed by atoms with Crippen molar-refractivity contribution < 1.29 is 16.5 Å². The minimum Gasteiger partial charge on any atom is -0.412 e.